The molecule has 0 fully saturated rings. The molecule has 0 spiro atoms. The number of alkyl halides is 2. The highest BCUT2D eigenvalue weighted by Crippen LogP contribution is 2.17. The van der Waals surface area contributed by atoms with Crippen LogP contribution in [-0.2, 0) is 11.3 Å². The predicted octanol–water partition coefficient (Wildman–Crippen LogP) is 3.59. The van der Waals surface area contributed by atoms with E-state index >= 15 is 0 Å². The van der Waals surface area contributed by atoms with Gasteiger partial charge in [0.2, 0.25) is 0 Å². The summed E-state index contributed by atoms with van der Waals surface area (Å²) < 4.78 is 32.2. The van der Waals surface area contributed by atoms with Gasteiger partial charge in [-0.15, -0.1) is 0 Å². The Hall–Kier alpha value is -0.540. The van der Waals surface area contributed by atoms with Gasteiger partial charge in [0.05, 0.1) is 17.6 Å². The van der Waals surface area contributed by atoms with Gasteiger partial charge in [0.1, 0.15) is 6.61 Å². The number of hydrogen-bond donors (Lipinski definition) is 1. The van der Waals surface area contributed by atoms with Crippen molar-refractivity contribution in [2.24, 2.45) is 0 Å². The van der Waals surface area contributed by atoms with Crippen LogP contribution in [0.1, 0.15) is 0 Å². The first-order valence-corrected chi connectivity index (χ1v) is 6.80. The van der Waals surface area contributed by atoms with Crippen molar-refractivity contribution < 1.29 is 13.5 Å². The summed E-state index contributed by atoms with van der Waals surface area (Å²) >= 11 is 7.42. The molecule has 18 heavy (non-hydrogen) atoms. The van der Waals surface area contributed by atoms with Crippen molar-refractivity contribution in [1.82, 2.24) is 9.55 Å². The van der Waals surface area contributed by atoms with E-state index in [0.717, 1.165) is 14.6 Å². The number of aromatic amines is 1. The van der Waals surface area contributed by atoms with E-state index in [1.807, 2.05) is 22.8 Å². The minimum Gasteiger partial charge on any atom is -0.374 e. The number of rotatable bonds is 5. The van der Waals surface area contributed by atoms with Crippen LogP contribution in [-0.4, -0.2) is 29.2 Å². The molecule has 0 atom stereocenters. The third-order valence-electron chi connectivity index (χ3n) is 2.44. The highest BCUT2D eigenvalue weighted by Gasteiger charge is 2.06. The van der Waals surface area contributed by atoms with Gasteiger partial charge in [0, 0.05) is 10.1 Å². The number of aromatic nitrogens is 2. The number of H-pyrrole nitrogens is 1. The molecular formula is C11H11F2IN2OS. The average molecular weight is 384 g/mol. The van der Waals surface area contributed by atoms with Gasteiger partial charge in [-0.1, -0.05) is 0 Å². The van der Waals surface area contributed by atoms with Crippen LogP contribution in [0.4, 0.5) is 8.78 Å². The van der Waals surface area contributed by atoms with Crippen molar-refractivity contribution in [1.29, 1.82) is 0 Å². The monoisotopic (exact) mass is 384 g/mol. The highest BCUT2D eigenvalue weighted by molar-refractivity contribution is 14.1. The summed E-state index contributed by atoms with van der Waals surface area (Å²) in [5.41, 5.74) is 1.90. The second-order valence-electron chi connectivity index (χ2n) is 3.71. The van der Waals surface area contributed by atoms with Crippen LogP contribution in [0, 0.1) is 8.34 Å². The van der Waals surface area contributed by atoms with Crippen LogP contribution >= 0.6 is 34.8 Å². The second-order valence-corrected chi connectivity index (χ2v) is 5.34. The van der Waals surface area contributed by atoms with Crippen molar-refractivity contribution in [2.75, 3.05) is 13.2 Å². The van der Waals surface area contributed by atoms with Crippen molar-refractivity contribution in [3.05, 3.63) is 26.5 Å². The fourth-order valence-electron chi connectivity index (χ4n) is 1.69. The summed E-state index contributed by atoms with van der Waals surface area (Å²) in [6.07, 6.45) is -2.43. The zero-order valence-electron chi connectivity index (χ0n) is 9.33. The van der Waals surface area contributed by atoms with Crippen LogP contribution in [0.15, 0.2) is 18.2 Å². The van der Waals surface area contributed by atoms with Gasteiger partial charge < -0.3 is 14.3 Å². The Morgan fingerprint density at radius 1 is 1.44 bits per heavy atom. The molecule has 1 aromatic carbocycles. The van der Waals surface area contributed by atoms with E-state index in [0.29, 0.717) is 11.3 Å². The lowest BCUT2D eigenvalue weighted by Crippen LogP contribution is -2.10. The molecule has 7 heteroatoms. The van der Waals surface area contributed by atoms with Gasteiger partial charge in [-0.3, -0.25) is 0 Å². The quantitative estimate of drug-likeness (QED) is 0.485. The Morgan fingerprint density at radius 3 is 2.94 bits per heavy atom. The number of imidazole rings is 1. The van der Waals surface area contributed by atoms with Gasteiger partial charge >= 0.3 is 0 Å². The lowest BCUT2D eigenvalue weighted by molar-refractivity contribution is 0.0149. The normalized spacial score (nSPS) is 11.6. The molecule has 1 heterocycles. The molecule has 0 radical (unpaired) electrons. The zero-order valence-corrected chi connectivity index (χ0v) is 12.3. The van der Waals surface area contributed by atoms with Gasteiger partial charge in [0.25, 0.3) is 6.43 Å². The molecule has 0 aliphatic rings. The van der Waals surface area contributed by atoms with Crippen LogP contribution in [0.2, 0.25) is 0 Å². The number of hydrogen-bond acceptors (Lipinski definition) is 2. The lowest BCUT2D eigenvalue weighted by atomic mass is 10.3. The molecule has 98 valence electrons. The number of fused-ring (bicyclic) bond motifs is 1. The fraction of sp³-hybridized carbons (Fsp3) is 0.364. The summed E-state index contributed by atoms with van der Waals surface area (Å²) in [5.74, 6) is 0. The molecular weight excluding hydrogens is 373 g/mol. The van der Waals surface area contributed by atoms with Crippen LogP contribution in [0.5, 0.6) is 0 Å². The molecule has 0 saturated carbocycles. The van der Waals surface area contributed by atoms with Crippen molar-refractivity contribution in [3.8, 4) is 0 Å². The van der Waals surface area contributed by atoms with Crippen molar-refractivity contribution in [2.45, 2.75) is 13.0 Å². The lowest BCUT2D eigenvalue weighted by Gasteiger charge is -2.05. The molecule has 0 unspecified atom stereocenters. The largest absolute Gasteiger partial charge is 0.374 e. The Balaban J connectivity index is 2.13. The molecule has 0 aliphatic carbocycles. The first-order valence-electron chi connectivity index (χ1n) is 5.32. The van der Waals surface area contributed by atoms with E-state index in [-0.39, 0.29) is 6.61 Å². The summed E-state index contributed by atoms with van der Waals surface area (Å²) in [7, 11) is 0. The maximum Gasteiger partial charge on any atom is 0.261 e. The van der Waals surface area contributed by atoms with E-state index < -0.39 is 13.0 Å². The summed E-state index contributed by atoms with van der Waals surface area (Å²) in [4.78, 5) is 3.09. The standard InChI is InChI=1S/C11H11F2IN2OS/c12-10(13)6-17-4-3-16-9-2-1-7(14)5-8(9)15-11(16)18/h1-2,5,10H,3-4,6H2,(H,15,18). The van der Waals surface area contributed by atoms with Crippen molar-refractivity contribution >= 4 is 45.8 Å². The number of halogens is 3. The average Bonchev–Trinajstić information content (AvgIpc) is 2.59. The molecule has 0 bridgehead atoms. The molecule has 3 nitrogen and oxygen atoms in total. The smallest absolute Gasteiger partial charge is 0.261 e. The number of nitrogens with one attached hydrogen (secondary N) is 1. The SMILES string of the molecule is FC(F)COCCn1c(=S)[nH]c2cc(I)ccc21. The number of ether oxygens (including phenoxy) is 1. The summed E-state index contributed by atoms with van der Waals surface area (Å²) in [5, 5.41) is 0. The minimum absolute atomic E-state index is 0.220. The molecule has 0 aliphatic heterocycles. The second kappa shape index (κ2) is 6.07. The van der Waals surface area contributed by atoms with Gasteiger partial charge in [0.15, 0.2) is 4.77 Å². The first kappa shape index (κ1) is 13.9. The van der Waals surface area contributed by atoms with Crippen molar-refractivity contribution in [3.63, 3.8) is 0 Å². The molecule has 0 saturated heterocycles. The zero-order chi connectivity index (χ0) is 13.1. The fourth-order valence-corrected chi connectivity index (χ4v) is 2.48. The first-order chi connectivity index (χ1) is 8.58. The Morgan fingerprint density at radius 2 is 2.22 bits per heavy atom. The van der Waals surface area contributed by atoms with Gasteiger partial charge in [-0.05, 0) is 53.0 Å². The van der Waals surface area contributed by atoms with Gasteiger partial charge in [-0.25, -0.2) is 8.78 Å². The summed E-state index contributed by atoms with van der Waals surface area (Å²) in [6.45, 7) is 0.150. The van der Waals surface area contributed by atoms with E-state index in [4.69, 9.17) is 17.0 Å². The highest BCUT2D eigenvalue weighted by atomic mass is 127. The van der Waals surface area contributed by atoms with Crippen LogP contribution < -0.4 is 0 Å². The third kappa shape index (κ3) is 3.27. The minimum atomic E-state index is -2.43. The molecule has 1 N–H and O–H groups in total. The molecule has 0 amide bonds. The predicted molar refractivity (Wildman–Crippen MR) is 76.7 cm³/mol. The van der Waals surface area contributed by atoms with Crippen LogP contribution in [0.25, 0.3) is 11.0 Å². The Kier molecular flexibility index (Phi) is 4.68. The van der Waals surface area contributed by atoms with Crippen LogP contribution in [0.3, 0.4) is 0 Å². The van der Waals surface area contributed by atoms with E-state index in [1.54, 1.807) is 0 Å². The molecule has 1 aromatic heterocycles. The topological polar surface area (TPSA) is 29.9 Å². The summed E-state index contributed by atoms with van der Waals surface area (Å²) in [6, 6.07) is 5.92. The Bertz CT molecular complexity index is 596. The molecule has 2 rings (SSSR count). The van der Waals surface area contributed by atoms with E-state index in [2.05, 4.69) is 27.6 Å². The number of benzene rings is 1. The van der Waals surface area contributed by atoms with E-state index in [9.17, 15) is 8.78 Å². The van der Waals surface area contributed by atoms with Gasteiger partial charge in [-0.2, -0.15) is 0 Å². The van der Waals surface area contributed by atoms with E-state index in [1.165, 1.54) is 0 Å². The third-order valence-corrected chi connectivity index (χ3v) is 3.43. The Labute approximate surface area is 121 Å². The maximum absolute atomic E-state index is 11.9. The maximum atomic E-state index is 11.9. The molecule has 2 aromatic rings. The number of nitrogens with zero attached hydrogens (tertiary/aromatic N) is 1.